The molecule has 0 spiro atoms. The van der Waals surface area contributed by atoms with Crippen molar-refractivity contribution in [3.8, 4) is 6.07 Å². The van der Waals surface area contributed by atoms with Gasteiger partial charge in [-0.2, -0.15) is 18.4 Å². The van der Waals surface area contributed by atoms with Gasteiger partial charge in [0, 0.05) is 0 Å². The van der Waals surface area contributed by atoms with E-state index in [2.05, 4.69) is 11.4 Å². The van der Waals surface area contributed by atoms with Gasteiger partial charge >= 0.3 is 6.18 Å². The topological polar surface area (TPSA) is 35.8 Å². The number of nitrogens with one attached hydrogen (secondary N) is 1. The van der Waals surface area contributed by atoms with Crippen LogP contribution in [0.5, 0.6) is 0 Å². The van der Waals surface area contributed by atoms with Gasteiger partial charge in [-0.15, -0.1) is 0 Å². The number of nitriles is 1. The Balaban J connectivity index is 2.59. The summed E-state index contributed by atoms with van der Waals surface area (Å²) in [6, 6.07) is 2.06. The minimum absolute atomic E-state index is 0.0535. The molecule has 0 aliphatic heterocycles. The predicted molar refractivity (Wildman–Crippen MR) is 45.4 cm³/mol. The molecule has 5 heteroatoms. The highest BCUT2D eigenvalue weighted by Crippen LogP contribution is 2.40. The summed E-state index contributed by atoms with van der Waals surface area (Å²) in [7, 11) is 1.62. The van der Waals surface area contributed by atoms with E-state index in [1.165, 1.54) is 0 Å². The minimum Gasteiger partial charge on any atom is -0.302 e. The molecule has 0 radical (unpaired) electrons. The quantitative estimate of drug-likeness (QED) is 0.714. The molecule has 2 nitrogen and oxygen atoms in total. The number of alkyl halides is 3. The molecular formula is C9H13F3N2. The second kappa shape index (κ2) is 3.77. The maximum absolute atomic E-state index is 12.3. The van der Waals surface area contributed by atoms with Crippen molar-refractivity contribution in [2.24, 2.45) is 5.92 Å². The van der Waals surface area contributed by atoms with Crippen molar-refractivity contribution in [3.05, 3.63) is 0 Å². The Labute approximate surface area is 81.1 Å². The van der Waals surface area contributed by atoms with Crippen LogP contribution in [-0.4, -0.2) is 18.8 Å². The smallest absolute Gasteiger partial charge is 0.302 e. The van der Waals surface area contributed by atoms with E-state index in [1.54, 1.807) is 7.05 Å². The second-order valence-electron chi connectivity index (χ2n) is 3.76. The highest BCUT2D eigenvalue weighted by atomic mass is 19.4. The number of hydrogen-bond acceptors (Lipinski definition) is 2. The maximum Gasteiger partial charge on any atom is 0.391 e. The Morgan fingerprint density at radius 1 is 1.36 bits per heavy atom. The van der Waals surface area contributed by atoms with E-state index >= 15 is 0 Å². The number of nitrogens with zero attached hydrogens (tertiary/aromatic N) is 1. The van der Waals surface area contributed by atoms with Gasteiger partial charge in [-0.25, -0.2) is 0 Å². The fourth-order valence-electron chi connectivity index (χ4n) is 1.86. The van der Waals surface area contributed by atoms with Gasteiger partial charge in [0.15, 0.2) is 0 Å². The van der Waals surface area contributed by atoms with Crippen LogP contribution in [0.15, 0.2) is 0 Å². The van der Waals surface area contributed by atoms with E-state index in [9.17, 15) is 13.2 Å². The molecule has 0 unspecified atom stereocenters. The first-order valence-electron chi connectivity index (χ1n) is 4.60. The Kier molecular flexibility index (Phi) is 3.05. The lowest BCUT2D eigenvalue weighted by atomic mass is 9.77. The van der Waals surface area contributed by atoms with Gasteiger partial charge in [0.1, 0.15) is 5.54 Å². The van der Waals surface area contributed by atoms with Crippen molar-refractivity contribution in [2.75, 3.05) is 7.05 Å². The highest BCUT2D eigenvalue weighted by Gasteiger charge is 2.45. The molecule has 0 heterocycles. The lowest BCUT2D eigenvalue weighted by molar-refractivity contribution is -0.184. The van der Waals surface area contributed by atoms with Crippen LogP contribution in [0.3, 0.4) is 0 Å². The van der Waals surface area contributed by atoms with Crippen molar-refractivity contribution in [2.45, 2.75) is 37.4 Å². The number of halogens is 3. The largest absolute Gasteiger partial charge is 0.391 e. The molecule has 1 aliphatic carbocycles. The van der Waals surface area contributed by atoms with Crippen LogP contribution in [0, 0.1) is 17.2 Å². The zero-order valence-electron chi connectivity index (χ0n) is 7.99. The fraction of sp³-hybridized carbons (Fsp3) is 0.889. The minimum atomic E-state index is -4.10. The van der Waals surface area contributed by atoms with Crippen molar-refractivity contribution in [1.82, 2.24) is 5.32 Å². The van der Waals surface area contributed by atoms with Gasteiger partial charge in [0.25, 0.3) is 0 Å². The molecular weight excluding hydrogens is 193 g/mol. The molecule has 0 atom stereocenters. The molecule has 1 saturated carbocycles. The fourth-order valence-corrected chi connectivity index (χ4v) is 1.86. The van der Waals surface area contributed by atoms with E-state index in [1.807, 2.05) is 0 Å². The third-order valence-electron chi connectivity index (χ3n) is 2.99. The third kappa shape index (κ3) is 2.18. The van der Waals surface area contributed by atoms with Gasteiger partial charge in [-0.1, -0.05) is 0 Å². The van der Waals surface area contributed by atoms with Crippen molar-refractivity contribution >= 4 is 0 Å². The molecule has 1 aliphatic rings. The van der Waals surface area contributed by atoms with Crippen LogP contribution >= 0.6 is 0 Å². The van der Waals surface area contributed by atoms with E-state index in [4.69, 9.17) is 5.26 Å². The summed E-state index contributed by atoms with van der Waals surface area (Å²) in [4.78, 5) is 0. The molecule has 14 heavy (non-hydrogen) atoms. The van der Waals surface area contributed by atoms with Gasteiger partial charge in [0.2, 0.25) is 0 Å². The standard InChI is InChI=1S/C9H13F3N2/c1-14-8(6-13)4-2-7(3-5-8)9(10,11)12/h7,14H,2-5H2,1H3. The van der Waals surface area contributed by atoms with Crippen LogP contribution in [-0.2, 0) is 0 Å². The summed E-state index contributed by atoms with van der Waals surface area (Å²) in [6.07, 6.45) is -3.43. The van der Waals surface area contributed by atoms with Crippen LogP contribution < -0.4 is 5.32 Å². The molecule has 80 valence electrons. The molecule has 0 aromatic carbocycles. The molecule has 0 saturated heterocycles. The monoisotopic (exact) mass is 206 g/mol. The normalized spacial score (nSPS) is 33.8. The summed E-state index contributed by atoms with van der Waals surface area (Å²) in [5, 5.41) is 11.6. The average Bonchev–Trinajstić information content (AvgIpc) is 2.16. The number of hydrogen-bond donors (Lipinski definition) is 1. The maximum atomic E-state index is 12.3. The zero-order valence-corrected chi connectivity index (χ0v) is 7.99. The Hall–Kier alpha value is -0.760. The SMILES string of the molecule is CNC1(C#N)CCC(C(F)(F)F)CC1. The summed E-state index contributed by atoms with van der Waals surface area (Å²) in [5.41, 5.74) is -0.734. The summed E-state index contributed by atoms with van der Waals surface area (Å²) in [5.74, 6) is -1.22. The van der Waals surface area contributed by atoms with Gasteiger partial charge in [-0.05, 0) is 32.7 Å². The van der Waals surface area contributed by atoms with Gasteiger partial charge in [-0.3, -0.25) is 0 Å². The van der Waals surface area contributed by atoms with Crippen LogP contribution in [0.1, 0.15) is 25.7 Å². The van der Waals surface area contributed by atoms with Gasteiger partial charge < -0.3 is 5.32 Å². The second-order valence-corrected chi connectivity index (χ2v) is 3.76. The number of rotatable bonds is 1. The molecule has 0 aromatic heterocycles. The molecule has 1 N–H and O–H groups in total. The lowest BCUT2D eigenvalue weighted by Gasteiger charge is -2.35. The zero-order chi connectivity index (χ0) is 10.8. The molecule has 0 aromatic rings. The van der Waals surface area contributed by atoms with E-state index < -0.39 is 17.6 Å². The molecule has 1 rings (SSSR count). The molecule has 1 fully saturated rings. The van der Waals surface area contributed by atoms with Gasteiger partial charge in [0.05, 0.1) is 12.0 Å². The Morgan fingerprint density at radius 2 is 1.86 bits per heavy atom. The predicted octanol–water partition coefficient (Wildman–Crippen LogP) is 2.22. The first kappa shape index (κ1) is 11.3. The van der Waals surface area contributed by atoms with E-state index in [-0.39, 0.29) is 25.7 Å². The molecule has 0 bridgehead atoms. The third-order valence-corrected chi connectivity index (χ3v) is 2.99. The van der Waals surface area contributed by atoms with Crippen LogP contribution in [0.4, 0.5) is 13.2 Å². The summed E-state index contributed by atoms with van der Waals surface area (Å²) in [6.45, 7) is 0. The van der Waals surface area contributed by atoms with E-state index in [0.717, 1.165) is 0 Å². The average molecular weight is 206 g/mol. The van der Waals surface area contributed by atoms with Crippen LogP contribution in [0.25, 0.3) is 0 Å². The lowest BCUT2D eigenvalue weighted by Crippen LogP contribution is -2.46. The molecule has 0 amide bonds. The highest BCUT2D eigenvalue weighted by molar-refractivity contribution is 5.08. The van der Waals surface area contributed by atoms with Crippen molar-refractivity contribution in [1.29, 1.82) is 5.26 Å². The Morgan fingerprint density at radius 3 is 2.14 bits per heavy atom. The summed E-state index contributed by atoms with van der Waals surface area (Å²) < 4.78 is 36.9. The van der Waals surface area contributed by atoms with Crippen molar-refractivity contribution in [3.63, 3.8) is 0 Å². The van der Waals surface area contributed by atoms with Crippen LogP contribution in [0.2, 0.25) is 0 Å². The summed E-state index contributed by atoms with van der Waals surface area (Å²) >= 11 is 0. The van der Waals surface area contributed by atoms with Crippen molar-refractivity contribution < 1.29 is 13.2 Å². The Bertz CT molecular complexity index is 233. The van der Waals surface area contributed by atoms with E-state index in [0.29, 0.717) is 0 Å². The first-order chi connectivity index (χ1) is 6.43. The first-order valence-corrected chi connectivity index (χ1v) is 4.60.